The Labute approximate surface area is 145 Å². The molecule has 0 aliphatic carbocycles. The summed E-state index contributed by atoms with van der Waals surface area (Å²) in [6, 6.07) is 24.1. The van der Waals surface area contributed by atoms with E-state index >= 15 is 0 Å². The molecule has 25 heavy (non-hydrogen) atoms. The average molecular weight is 331 g/mol. The first-order chi connectivity index (χ1) is 12.1. The van der Waals surface area contributed by atoms with Crippen molar-refractivity contribution in [2.75, 3.05) is 5.32 Å². The maximum Gasteiger partial charge on any atom is 0.337 e. The number of carbonyl (C=O) groups is 2. The Morgan fingerprint density at radius 1 is 0.800 bits per heavy atom. The molecule has 0 aliphatic rings. The second kappa shape index (κ2) is 7.45. The number of benzene rings is 3. The first-order valence-corrected chi connectivity index (χ1v) is 7.90. The van der Waals surface area contributed by atoms with E-state index in [2.05, 4.69) is 5.32 Å². The third kappa shape index (κ3) is 4.12. The molecule has 124 valence electrons. The Balaban J connectivity index is 1.75. The van der Waals surface area contributed by atoms with Gasteiger partial charge in [-0.3, -0.25) is 4.79 Å². The first-order valence-electron chi connectivity index (χ1n) is 7.90. The van der Waals surface area contributed by atoms with Crippen LogP contribution in [0.4, 0.5) is 5.69 Å². The molecule has 3 aromatic carbocycles. The van der Waals surface area contributed by atoms with Gasteiger partial charge in [-0.2, -0.15) is 0 Å². The minimum atomic E-state index is -1.07. The smallest absolute Gasteiger partial charge is 0.337 e. The largest absolute Gasteiger partial charge is 0.478 e. The lowest BCUT2D eigenvalue weighted by Crippen LogP contribution is -2.16. The number of carboxylic acid groups (broad SMARTS) is 1. The summed E-state index contributed by atoms with van der Waals surface area (Å²) in [5.74, 6) is -1.32. The zero-order valence-electron chi connectivity index (χ0n) is 13.5. The Morgan fingerprint density at radius 3 is 2.24 bits per heavy atom. The van der Waals surface area contributed by atoms with E-state index in [1.807, 2.05) is 54.6 Å². The van der Waals surface area contributed by atoms with Crippen molar-refractivity contribution in [3.05, 3.63) is 90.0 Å². The fraction of sp³-hybridized carbons (Fsp3) is 0.0476. The van der Waals surface area contributed by atoms with Crippen molar-refractivity contribution >= 4 is 17.6 Å². The zero-order chi connectivity index (χ0) is 17.6. The molecule has 4 heteroatoms. The Hall–Kier alpha value is -3.40. The third-order valence-corrected chi connectivity index (χ3v) is 3.83. The van der Waals surface area contributed by atoms with Gasteiger partial charge in [0.1, 0.15) is 0 Å². The molecule has 4 nitrogen and oxygen atoms in total. The molecule has 0 atom stereocenters. The molecule has 0 bridgehead atoms. The molecule has 0 unspecified atom stereocenters. The number of hydrogen-bond acceptors (Lipinski definition) is 2. The minimum absolute atomic E-state index is 0.0777. The quantitative estimate of drug-likeness (QED) is 0.735. The summed E-state index contributed by atoms with van der Waals surface area (Å²) in [6.07, 6.45) is 0.175. The normalized spacial score (nSPS) is 10.2. The predicted octanol–water partition coefficient (Wildman–Crippen LogP) is 4.23. The second-order valence-electron chi connectivity index (χ2n) is 5.64. The minimum Gasteiger partial charge on any atom is -0.478 e. The lowest BCUT2D eigenvalue weighted by molar-refractivity contribution is -0.115. The van der Waals surface area contributed by atoms with E-state index in [1.54, 1.807) is 18.2 Å². The van der Waals surface area contributed by atoms with Crippen molar-refractivity contribution in [2.24, 2.45) is 0 Å². The highest BCUT2D eigenvalue weighted by Crippen LogP contribution is 2.21. The van der Waals surface area contributed by atoms with E-state index in [4.69, 9.17) is 0 Å². The van der Waals surface area contributed by atoms with Crippen molar-refractivity contribution in [3.63, 3.8) is 0 Å². The molecular weight excluding hydrogens is 314 g/mol. The van der Waals surface area contributed by atoms with Crippen LogP contribution in [0.15, 0.2) is 78.9 Å². The molecule has 0 saturated heterocycles. The van der Waals surface area contributed by atoms with E-state index in [0.29, 0.717) is 5.69 Å². The van der Waals surface area contributed by atoms with Crippen LogP contribution in [0.25, 0.3) is 11.1 Å². The van der Waals surface area contributed by atoms with Gasteiger partial charge in [0.05, 0.1) is 17.7 Å². The highest BCUT2D eigenvalue weighted by molar-refractivity contribution is 6.01. The van der Waals surface area contributed by atoms with Gasteiger partial charge in [-0.05, 0) is 28.8 Å². The molecule has 0 aromatic heterocycles. The number of para-hydroxylation sites is 1. The van der Waals surface area contributed by atoms with Gasteiger partial charge in [-0.15, -0.1) is 0 Å². The van der Waals surface area contributed by atoms with Crippen LogP contribution in [0.3, 0.4) is 0 Å². The molecule has 0 heterocycles. The summed E-state index contributed by atoms with van der Waals surface area (Å²) in [7, 11) is 0. The van der Waals surface area contributed by atoms with Crippen LogP contribution >= 0.6 is 0 Å². The topological polar surface area (TPSA) is 66.4 Å². The third-order valence-electron chi connectivity index (χ3n) is 3.83. The van der Waals surface area contributed by atoms with Crippen molar-refractivity contribution in [2.45, 2.75) is 6.42 Å². The second-order valence-corrected chi connectivity index (χ2v) is 5.64. The zero-order valence-corrected chi connectivity index (χ0v) is 13.5. The summed E-state index contributed by atoms with van der Waals surface area (Å²) in [6.45, 7) is 0. The molecule has 1 amide bonds. The van der Waals surface area contributed by atoms with E-state index in [9.17, 15) is 14.7 Å². The molecule has 0 radical (unpaired) electrons. The number of hydrogen-bond donors (Lipinski definition) is 2. The van der Waals surface area contributed by atoms with Gasteiger partial charge in [0, 0.05) is 0 Å². The lowest BCUT2D eigenvalue weighted by Gasteiger charge is -2.09. The van der Waals surface area contributed by atoms with Crippen LogP contribution in [0.2, 0.25) is 0 Å². The SMILES string of the molecule is O=C(Cc1cccc(-c2ccccc2)c1)Nc1ccccc1C(=O)O. The predicted molar refractivity (Wildman–Crippen MR) is 97.6 cm³/mol. The van der Waals surface area contributed by atoms with Gasteiger partial charge in [0.15, 0.2) is 0 Å². The van der Waals surface area contributed by atoms with Crippen LogP contribution in [0, 0.1) is 0 Å². The number of carboxylic acids is 1. The van der Waals surface area contributed by atoms with Crippen LogP contribution in [-0.4, -0.2) is 17.0 Å². The van der Waals surface area contributed by atoms with E-state index in [0.717, 1.165) is 16.7 Å². The standard InChI is InChI=1S/C21H17NO3/c23-20(22-19-12-5-4-11-18(19)21(24)25)14-15-7-6-10-17(13-15)16-8-2-1-3-9-16/h1-13H,14H2,(H,22,23)(H,24,25). The summed E-state index contributed by atoms with van der Waals surface area (Å²) < 4.78 is 0. The molecular formula is C21H17NO3. The number of amides is 1. The number of anilines is 1. The molecule has 3 aromatic rings. The molecule has 0 fully saturated rings. The fourth-order valence-corrected chi connectivity index (χ4v) is 2.65. The molecule has 3 rings (SSSR count). The number of nitrogens with one attached hydrogen (secondary N) is 1. The fourth-order valence-electron chi connectivity index (χ4n) is 2.65. The first kappa shape index (κ1) is 16.5. The summed E-state index contributed by atoms with van der Waals surface area (Å²) in [4.78, 5) is 23.5. The van der Waals surface area contributed by atoms with E-state index in [-0.39, 0.29) is 17.9 Å². The maximum absolute atomic E-state index is 12.3. The number of rotatable bonds is 5. The van der Waals surface area contributed by atoms with Crippen LogP contribution in [0.5, 0.6) is 0 Å². The van der Waals surface area contributed by atoms with Crippen molar-refractivity contribution in [3.8, 4) is 11.1 Å². The van der Waals surface area contributed by atoms with Crippen LogP contribution in [-0.2, 0) is 11.2 Å². The van der Waals surface area contributed by atoms with Gasteiger partial charge in [-0.1, -0.05) is 66.7 Å². The Morgan fingerprint density at radius 2 is 1.48 bits per heavy atom. The lowest BCUT2D eigenvalue weighted by atomic mass is 10.0. The monoisotopic (exact) mass is 331 g/mol. The molecule has 0 aliphatic heterocycles. The van der Waals surface area contributed by atoms with Gasteiger partial charge in [0.25, 0.3) is 0 Å². The van der Waals surface area contributed by atoms with Crippen molar-refractivity contribution in [1.82, 2.24) is 0 Å². The van der Waals surface area contributed by atoms with Gasteiger partial charge in [-0.25, -0.2) is 4.79 Å². The molecule has 0 spiro atoms. The summed E-state index contributed by atoms with van der Waals surface area (Å²) in [5.41, 5.74) is 3.37. The van der Waals surface area contributed by atoms with Gasteiger partial charge < -0.3 is 10.4 Å². The molecule has 0 saturated carbocycles. The van der Waals surface area contributed by atoms with Gasteiger partial charge >= 0.3 is 5.97 Å². The number of carbonyl (C=O) groups excluding carboxylic acids is 1. The van der Waals surface area contributed by atoms with Crippen molar-refractivity contribution < 1.29 is 14.7 Å². The average Bonchev–Trinajstić information content (AvgIpc) is 2.63. The molecule has 2 N–H and O–H groups in total. The Bertz CT molecular complexity index is 904. The highest BCUT2D eigenvalue weighted by atomic mass is 16.4. The van der Waals surface area contributed by atoms with Crippen LogP contribution in [0.1, 0.15) is 15.9 Å². The summed E-state index contributed by atoms with van der Waals surface area (Å²) >= 11 is 0. The summed E-state index contributed by atoms with van der Waals surface area (Å²) in [5, 5.41) is 11.9. The van der Waals surface area contributed by atoms with Crippen LogP contribution < -0.4 is 5.32 Å². The maximum atomic E-state index is 12.3. The number of aromatic carboxylic acids is 1. The van der Waals surface area contributed by atoms with E-state index < -0.39 is 5.97 Å². The van der Waals surface area contributed by atoms with E-state index in [1.165, 1.54) is 6.07 Å². The van der Waals surface area contributed by atoms with Crippen molar-refractivity contribution in [1.29, 1.82) is 0 Å². The van der Waals surface area contributed by atoms with Gasteiger partial charge in [0.2, 0.25) is 5.91 Å². The Kier molecular flexibility index (Phi) is 4.90. The highest BCUT2D eigenvalue weighted by Gasteiger charge is 2.12.